The van der Waals surface area contributed by atoms with Gasteiger partial charge < -0.3 is 19.7 Å². The van der Waals surface area contributed by atoms with Crippen LogP contribution in [0.2, 0.25) is 0 Å². The zero-order valence-electron chi connectivity index (χ0n) is 47.7. The Morgan fingerprint density at radius 2 is 0.786 bits per heavy atom. The van der Waals surface area contributed by atoms with Gasteiger partial charge >= 0.3 is 11.9 Å². The molecule has 7 heteroatoms. The Bertz CT molecular complexity index is 1690. The first-order valence-corrected chi connectivity index (χ1v) is 30.0. The molecule has 2 rings (SSSR count). The maximum atomic E-state index is 13.8. The molecule has 0 fully saturated rings. The van der Waals surface area contributed by atoms with Gasteiger partial charge in [0.1, 0.15) is 24.2 Å². The average molecular weight is 994 g/mol. The molecule has 0 aliphatic rings. The molecule has 0 aliphatic heterocycles. The van der Waals surface area contributed by atoms with Crippen molar-refractivity contribution in [2.24, 2.45) is 0 Å². The van der Waals surface area contributed by atoms with E-state index >= 15 is 0 Å². The highest BCUT2D eigenvalue weighted by Crippen LogP contribution is 2.46. The molecule has 2 N–H and O–H groups in total. The number of unbranched alkanes of at least 4 members (excludes halogenated alkanes) is 15. The third-order valence-corrected chi connectivity index (χ3v) is 16.5. The summed E-state index contributed by atoms with van der Waals surface area (Å²) in [6.45, 7) is 29.1. The van der Waals surface area contributed by atoms with Crippen LogP contribution < -0.4 is 0 Å². The summed E-state index contributed by atoms with van der Waals surface area (Å²) in [4.78, 5) is 27.4. The van der Waals surface area contributed by atoms with E-state index in [9.17, 15) is 19.8 Å². The standard InChI is InChI=1S/C63H108O6S/c1-14-19-24-25-26-27-28-33-42-70-48-51(69-57(65)37-35-50-45-54(62(10,11)40-31-22-17-4)59(67)55(46-50)63(12,13)41-32-23-18-5)47-68-56(64)36-34-49-43-52(60(6,7)38-29-20-15-2)58(66)53(44-49)61(8,9)39-30-21-16-3/h43-46,51,66-67H,14-42,47-48H2,1-13H3. The van der Waals surface area contributed by atoms with Crippen LogP contribution in [0.4, 0.5) is 0 Å². The highest BCUT2D eigenvalue weighted by atomic mass is 32.2. The molecule has 6 nitrogen and oxygen atoms in total. The van der Waals surface area contributed by atoms with Crippen molar-refractivity contribution in [2.45, 2.75) is 298 Å². The van der Waals surface area contributed by atoms with Crippen molar-refractivity contribution in [3.8, 4) is 11.5 Å². The second-order valence-corrected chi connectivity index (χ2v) is 24.9. The first-order chi connectivity index (χ1) is 33.2. The molecule has 0 aliphatic carbocycles. The second-order valence-electron chi connectivity index (χ2n) is 23.8. The Morgan fingerprint density at radius 3 is 1.14 bits per heavy atom. The quantitative estimate of drug-likeness (QED) is 0.0507. The van der Waals surface area contributed by atoms with Gasteiger partial charge in [-0.15, -0.1) is 0 Å². The van der Waals surface area contributed by atoms with Gasteiger partial charge in [-0.1, -0.05) is 236 Å². The van der Waals surface area contributed by atoms with E-state index in [1.165, 1.54) is 44.9 Å². The van der Waals surface area contributed by atoms with E-state index in [1.807, 2.05) is 0 Å². The van der Waals surface area contributed by atoms with Gasteiger partial charge in [0.05, 0.1) is 0 Å². The van der Waals surface area contributed by atoms with E-state index in [1.54, 1.807) is 11.8 Å². The summed E-state index contributed by atoms with van der Waals surface area (Å²) >= 11 is 1.78. The lowest BCUT2D eigenvalue weighted by molar-refractivity contribution is -0.157. The highest BCUT2D eigenvalue weighted by Gasteiger charge is 2.33. The van der Waals surface area contributed by atoms with Crippen LogP contribution in [0.1, 0.15) is 290 Å². The molecule has 0 spiro atoms. The van der Waals surface area contributed by atoms with E-state index < -0.39 is 6.10 Å². The lowest BCUT2D eigenvalue weighted by atomic mass is 9.73. The molecular formula is C63H108O6S. The van der Waals surface area contributed by atoms with Crippen LogP contribution in [-0.4, -0.2) is 46.4 Å². The van der Waals surface area contributed by atoms with Crippen LogP contribution in [0, 0.1) is 0 Å². The zero-order chi connectivity index (χ0) is 52.2. The van der Waals surface area contributed by atoms with E-state index in [2.05, 4.69) is 114 Å². The monoisotopic (exact) mass is 993 g/mol. The van der Waals surface area contributed by atoms with Gasteiger partial charge in [0.2, 0.25) is 0 Å². The van der Waals surface area contributed by atoms with E-state index in [-0.39, 0.29) is 53.0 Å². The first kappa shape index (κ1) is 63.4. The fourth-order valence-corrected chi connectivity index (χ4v) is 11.2. The number of esters is 2. The number of ether oxygens (including phenoxy) is 2. The second kappa shape index (κ2) is 33.2. The number of benzene rings is 2. The first-order valence-electron chi connectivity index (χ1n) is 28.9. The summed E-state index contributed by atoms with van der Waals surface area (Å²) < 4.78 is 12.2. The Labute approximate surface area is 435 Å². The molecule has 70 heavy (non-hydrogen) atoms. The molecule has 0 amide bonds. The van der Waals surface area contributed by atoms with Gasteiger partial charge in [-0.2, -0.15) is 11.8 Å². The van der Waals surface area contributed by atoms with E-state index in [0.29, 0.717) is 30.1 Å². The van der Waals surface area contributed by atoms with Crippen molar-refractivity contribution >= 4 is 23.7 Å². The number of aromatic hydroxyl groups is 2. The lowest BCUT2D eigenvalue weighted by Crippen LogP contribution is -2.28. The van der Waals surface area contributed by atoms with E-state index in [4.69, 9.17) is 9.47 Å². The molecule has 0 saturated carbocycles. The van der Waals surface area contributed by atoms with Gasteiger partial charge in [-0.05, 0) is 83.5 Å². The number of carbonyl (C=O) groups is 2. The van der Waals surface area contributed by atoms with Gasteiger partial charge in [0.15, 0.2) is 0 Å². The normalized spacial score (nSPS) is 12.9. The predicted octanol–water partition coefficient (Wildman–Crippen LogP) is 18.4. The maximum absolute atomic E-state index is 13.8. The summed E-state index contributed by atoms with van der Waals surface area (Å²) in [6.07, 6.45) is 28.6. The minimum atomic E-state index is -0.545. The molecule has 0 saturated heterocycles. The van der Waals surface area contributed by atoms with Gasteiger partial charge in [0.25, 0.3) is 0 Å². The summed E-state index contributed by atoms with van der Waals surface area (Å²) in [5.41, 5.74) is 5.13. The van der Waals surface area contributed by atoms with Crippen molar-refractivity contribution in [2.75, 3.05) is 18.1 Å². The third kappa shape index (κ3) is 23.0. The van der Waals surface area contributed by atoms with Crippen molar-refractivity contribution < 1.29 is 29.3 Å². The van der Waals surface area contributed by atoms with Crippen LogP contribution in [0.15, 0.2) is 24.3 Å². The molecule has 0 aromatic heterocycles. The van der Waals surface area contributed by atoms with Gasteiger partial charge in [-0.25, -0.2) is 0 Å². The number of thioether (sulfide) groups is 1. The summed E-state index contributed by atoms with van der Waals surface area (Å²) in [6, 6.07) is 8.54. The van der Waals surface area contributed by atoms with Crippen molar-refractivity contribution in [1.29, 1.82) is 0 Å². The van der Waals surface area contributed by atoms with Gasteiger partial charge in [-0.3, -0.25) is 9.59 Å². The Hall–Kier alpha value is -2.67. The number of aryl methyl sites for hydroxylation is 2. The predicted molar refractivity (Wildman–Crippen MR) is 302 cm³/mol. The van der Waals surface area contributed by atoms with Gasteiger partial charge in [0, 0.05) is 40.8 Å². The number of hydrogen-bond donors (Lipinski definition) is 2. The van der Waals surface area contributed by atoms with E-state index in [0.717, 1.165) is 148 Å². The van der Waals surface area contributed by atoms with Crippen LogP contribution in [0.3, 0.4) is 0 Å². The molecule has 1 atom stereocenters. The summed E-state index contributed by atoms with van der Waals surface area (Å²) in [5.74, 6) is 1.78. The number of phenolic OH excluding ortho intramolecular Hbond substituents is 2. The Balaban J connectivity index is 2.32. The Morgan fingerprint density at radius 1 is 0.471 bits per heavy atom. The molecular weight excluding hydrogens is 885 g/mol. The lowest BCUT2D eigenvalue weighted by Gasteiger charge is -2.33. The maximum Gasteiger partial charge on any atom is 0.306 e. The topological polar surface area (TPSA) is 93.1 Å². The molecule has 2 aromatic carbocycles. The van der Waals surface area contributed by atoms with Crippen molar-refractivity contribution in [1.82, 2.24) is 0 Å². The minimum Gasteiger partial charge on any atom is -0.507 e. The smallest absolute Gasteiger partial charge is 0.306 e. The fourth-order valence-electron chi connectivity index (χ4n) is 10.2. The van der Waals surface area contributed by atoms with Crippen molar-refractivity contribution in [3.63, 3.8) is 0 Å². The fraction of sp³-hybridized carbons (Fsp3) is 0.778. The average Bonchev–Trinajstić information content (AvgIpc) is 3.30. The molecule has 1 unspecified atom stereocenters. The summed E-state index contributed by atoms with van der Waals surface area (Å²) in [7, 11) is 0. The number of rotatable bonds is 40. The number of phenols is 2. The molecule has 2 aromatic rings. The SMILES string of the molecule is CCCCCCCCCCSCC(COC(=O)CCc1cc(C(C)(C)CCCCC)c(O)c(C(C)(C)CCCCC)c1)OC(=O)CCc1cc(C(C)(C)CCCCC)c(O)c(C(C)(C)CCCCC)c1. The highest BCUT2D eigenvalue weighted by molar-refractivity contribution is 7.99. The van der Waals surface area contributed by atoms with Crippen LogP contribution in [0.5, 0.6) is 11.5 Å². The molecule has 0 heterocycles. The Kier molecular flexibility index (Phi) is 30.1. The largest absolute Gasteiger partial charge is 0.507 e. The van der Waals surface area contributed by atoms with Crippen molar-refractivity contribution in [3.05, 3.63) is 57.6 Å². The zero-order valence-corrected chi connectivity index (χ0v) is 48.6. The number of carbonyl (C=O) groups excluding carboxylic acids is 2. The molecule has 402 valence electrons. The molecule has 0 radical (unpaired) electrons. The summed E-state index contributed by atoms with van der Waals surface area (Å²) in [5, 5.41) is 23.8. The minimum absolute atomic E-state index is 0.0292. The van der Waals surface area contributed by atoms with Crippen LogP contribution in [-0.2, 0) is 53.6 Å². The van der Waals surface area contributed by atoms with Crippen LogP contribution >= 0.6 is 11.8 Å². The third-order valence-electron chi connectivity index (χ3n) is 15.3. The van der Waals surface area contributed by atoms with Crippen LogP contribution in [0.25, 0.3) is 0 Å². The number of hydrogen-bond acceptors (Lipinski definition) is 7. The molecule has 0 bridgehead atoms.